The number of aromatic nitrogens is 1. The van der Waals surface area contributed by atoms with E-state index < -0.39 is 0 Å². The van der Waals surface area contributed by atoms with Gasteiger partial charge in [-0.1, -0.05) is 18.2 Å². The summed E-state index contributed by atoms with van der Waals surface area (Å²) in [6, 6.07) is 13.9. The molecule has 108 valence electrons. The van der Waals surface area contributed by atoms with E-state index in [-0.39, 0.29) is 5.91 Å². The Morgan fingerprint density at radius 3 is 2.90 bits per heavy atom. The molecule has 0 saturated carbocycles. The molecule has 0 fully saturated rings. The molecule has 21 heavy (non-hydrogen) atoms. The van der Waals surface area contributed by atoms with Gasteiger partial charge in [0.2, 0.25) is 0 Å². The quantitative estimate of drug-likeness (QED) is 0.729. The number of rotatable bonds is 5. The molecule has 3 aromatic rings. The second-order valence-electron chi connectivity index (χ2n) is 5.08. The smallest absolute Gasteiger partial charge is 0.286 e. The third-order valence-corrected chi connectivity index (χ3v) is 3.61. The molecule has 0 atom stereocenters. The predicted octanol–water partition coefficient (Wildman–Crippen LogP) is 3.36. The molecule has 2 heterocycles. The van der Waals surface area contributed by atoms with Gasteiger partial charge in [-0.25, -0.2) is 0 Å². The van der Waals surface area contributed by atoms with Crippen LogP contribution < -0.4 is 5.32 Å². The van der Waals surface area contributed by atoms with Gasteiger partial charge in [0, 0.05) is 24.3 Å². The van der Waals surface area contributed by atoms with Gasteiger partial charge < -0.3 is 14.3 Å². The molecular formula is C17H18N2O2. The van der Waals surface area contributed by atoms with Crippen LogP contribution in [0.2, 0.25) is 0 Å². The Labute approximate surface area is 123 Å². The van der Waals surface area contributed by atoms with Crippen molar-refractivity contribution in [3.63, 3.8) is 0 Å². The van der Waals surface area contributed by atoms with Gasteiger partial charge in [-0.15, -0.1) is 0 Å². The van der Waals surface area contributed by atoms with E-state index in [0.29, 0.717) is 12.3 Å². The molecule has 3 rings (SSSR count). The lowest BCUT2D eigenvalue weighted by atomic mass is 10.2. The molecule has 0 unspecified atom stereocenters. The van der Waals surface area contributed by atoms with Crippen LogP contribution in [-0.4, -0.2) is 17.0 Å². The van der Waals surface area contributed by atoms with Crippen LogP contribution in [0.4, 0.5) is 0 Å². The molecule has 1 N–H and O–H groups in total. The van der Waals surface area contributed by atoms with E-state index in [1.54, 1.807) is 12.1 Å². The third kappa shape index (κ3) is 2.84. The Bertz CT molecular complexity index is 741. The van der Waals surface area contributed by atoms with Crippen LogP contribution >= 0.6 is 0 Å². The van der Waals surface area contributed by atoms with E-state index in [4.69, 9.17) is 4.42 Å². The Kier molecular flexibility index (Phi) is 3.77. The van der Waals surface area contributed by atoms with Gasteiger partial charge in [0.15, 0.2) is 5.76 Å². The first-order valence-electron chi connectivity index (χ1n) is 7.12. The number of carbonyl (C=O) groups is 1. The number of amides is 1. The summed E-state index contributed by atoms with van der Waals surface area (Å²) >= 11 is 0. The zero-order chi connectivity index (χ0) is 14.7. The number of para-hydroxylation sites is 1. The summed E-state index contributed by atoms with van der Waals surface area (Å²) in [5.74, 6) is 0.201. The number of carbonyl (C=O) groups excluding carboxylic acids is 1. The molecule has 1 amide bonds. The average molecular weight is 282 g/mol. The van der Waals surface area contributed by atoms with E-state index >= 15 is 0 Å². The summed E-state index contributed by atoms with van der Waals surface area (Å²) in [5, 5.41) is 4.13. The van der Waals surface area contributed by atoms with E-state index in [1.807, 2.05) is 0 Å². The van der Waals surface area contributed by atoms with E-state index in [1.165, 1.54) is 22.9 Å². The van der Waals surface area contributed by atoms with Gasteiger partial charge in [-0.2, -0.15) is 0 Å². The fourth-order valence-corrected chi connectivity index (χ4v) is 2.58. The van der Waals surface area contributed by atoms with Crippen LogP contribution in [0.1, 0.15) is 22.7 Å². The molecular weight excluding hydrogens is 264 g/mol. The minimum Gasteiger partial charge on any atom is -0.459 e. The number of aryl methyl sites for hydroxylation is 2. The fraction of sp³-hybridized carbons (Fsp3) is 0.235. The summed E-state index contributed by atoms with van der Waals surface area (Å²) in [6.07, 6.45) is 2.39. The number of fused-ring (bicyclic) bond motifs is 1. The average Bonchev–Trinajstić information content (AvgIpc) is 3.11. The van der Waals surface area contributed by atoms with E-state index in [2.05, 4.69) is 47.1 Å². The van der Waals surface area contributed by atoms with Crippen molar-refractivity contribution in [1.82, 2.24) is 9.88 Å². The van der Waals surface area contributed by atoms with Crippen LogP contribution in [-0.2, 0) is 6.54 Å². The first kappa shape index (κ1) is 13.5. The summed E-state index contributed by atoms with van der Waals surface area (Å²) in [7, 11) is 0. The fourth-order valence-electron chi connectivity index (χ4n) is 2.58. The number of nitrogens with one attached hydrogen (secondary N) is 1. The van der Waals surface area contributed by atoms with Crippen LogP contribution in [0, 0.1) is 6.92 Å². The second kappa shape index (κ2) is 5.87. The zero-order valence-electron chi connectivity index (χ0n) is 12.0. The van der Waals surface area contributed by atoms with Crippen LogP contribution in [0.25, 0.3) is 10.9 Å². The van der Waals surface area contributed by atoms with E-state index in [0.717, 1.165) is 13.0 Å². The molecule has 0 radical (unpaired) electrons. The lowest BCUT2D eigenvalue weighted by molar-refractivity contribution is 0.0925. The first-order chi connectivity index (χ1) is 10.3. The van der Waals surface area contributed by atoms with Crippen molar-refractivity contribution in [3.05, 3.63) is 60.2 Å². The Morgan fingerprint density at radius 1 is 1.24 bits per heavy atom. The zero-order valence-corrected chi connectivity index (χ0v) is 12.0. The van der Waals surface area contributed by atoms with Crippen molar-refractivity contribution in [1.29, 1.82) is 0 Å². The third-order valence-electron chi connectivity index (χ3n) is 3.61. The Hall–Kier alpha value is -2.49. The highest BCUT2D eigenvalue weighted by Crippen LogP contribution is 2.19. The minimum absolute atomic E-state index is 0.158. The van der Waals surface area contributed by atoms with Gasteiger partial charge in [0.05, 0.1) is 6.26 Å². The molecule has 4 heteroatoms. The maximum Gasteiger partial charge on any atom is 0.286 e. The molecule has 4 nitrogen and oxygen atoms in total. The highest BCUT2D eigenvalue weighted by Gasteiger charge is 2.08. The van der Waals surface area contributed by atoms with Crippen molar-refractivity contribution >= 4 is 16.8 Å². The molecule has 0 spiro atoms. The molecule has 0 aliphatic heterocycles. The summed E-state index contributed by atoms with van der Waals surface area (Å²) in [5.41, 5.74) is 2.49. The monoisotopic (exact) mass is 282 g/mol. The van der Waals surface area contributed by atoms with Gasteiger partial charge in [-0.3, -0.25) is 4.79 Å². The van der Waals surface area contributed by atoms with Crippen molar-refractivity contribution in [3.8, 4) is 0 Å². The normalized spacial score (nSPS) is 10.9. The van der Waals surface area contributed by atoms with Crippen LogP contribution in [0.15, 0.2) is 53.1 Å². The van der Waals surface area contributed by atoms with Crippen molar-refractivity contribution in [2.75, 3.05) is 6.54 Å². The van der Waals surface area contributed by atoms with Crippen LogP contribution in [0.3, 0.4) is 0 Å². The topological polar surface area (TPSA) is 47.2 Å². The molecule has 0 aliphatic carbocycles. The highest BCUT2D eigenvalue weighted by molar-refractivity contribution is 5.91. The van der Waals surface area contributed by atoms with Crippen LogP contribution in [0.5, 0.6) is 0 Å². The molecule has 2 aromatic heterocycles. The highest BCUT2D eigenvalue weighted by atomic mass is 16.3. The molecule has 1 aromatic carbocycles. The predicted molar refractivity (Wildman–Crippen MR) is 82.3 cm³/mol. The van der Waals surface area contributed by atoms with Crippen molar-refractivity contribution in [2.24, 2.45) is 0 Å². The largest absolute Gasteiger partial charge is 0.459 e. The summed E-state index contributed by atoms with van der Waals surface area (Å²) in [6.45, 7) is 3.63. The SMILES string of the molecule is Cc1cc2ccccc2n1CCCNC(=O)c1ccco1. The number of nitrogens with zero attached hydrogens (tertiary/aromatic N) is 1. The van der Waals surface area contributed by atoms with Gasteiger partial charge in [-0.05, 0) is 43.0 Å². The van der Waals surface area contributed by atoms with Gasteiger partial charge >= 0.3 is 0 Å². The van der Waals surface area contributed by atoms with Gasteiger partial charge in [0.1, 0.15) is 0 Å². The minimum atomic E-state index is -0.158. The first-order valence-corrected chi connectivity index (χ1v) is 7.12. The molecule has 0 saturated heterocycles. The molecule has 0 aliphatic rings. The Balaban J connectivity index is 1.57. The number of hydrogen-bond acceptors (Lipinski definition) is 2. The summed E-state index contributed by atoms with van der Waals surface area (Å²) < 4.78 is 7.34. The van der Waals surface area contributed by atoms with Gasteiger partial charge in [0.25, 0.3) is 5.91 Å². The lowest BCUT2D eigenvalue weighted by Gasteiger charge is -2.08. The molecule has 0 bridgehead atoms. The Morgan fingerprint density at radius 2 is 2.10 bits per heavy atom. The summed E-state index contributed by atoms with van der Waals surface area (Å²) in [4.78, 5) is 11.7. The number of furan rings is 1. The second-order valence-corrected chi connectivity index (χ2v) is 5.08. The lowest BCUT2D eigenvalue weighted by Crippen LogP contribution is -2.24. The van der Waals surface area contributed by atoms with Crippen molar-refractivity contribution < 1.29 is 9.21 Å². The maximum atomic E-state index is 11.7. The number of hydrogen-bond donors (Lipinski definition) is 1. The van der Waals surface area contributed by atoms with E-state index in [9.17, 15) is 4.79 Å². The van der Waals surface area contributed by atoms with Crippen molar-refractivity contribution in [2.45, 2.75) is 19.9 Å². The number of benzene rings is 1. The maximum absolute atomic E-state index is 11.7. The standard InChI is InChI=1S/C17H18N2O2/c1-13-12-14-6-2-3-7-15(14)19(13)10-5-9-18-17(20)16-8-4-11-21-16/h2-4,6-8,11-12H,5,9-10H2,1H3,(H,18,20).